The molecule has 0 fully saturated rings. The number of fused-ring (bicyclic) bond motifs is 1. The van der Waals surface area contributed by atoms with E-state index >= 15 is 0 Å². The molecular formula is C10H11ClFN. The largest absolute Gasteiger partial charge is 0.258 e. The van der Waals surface area contributed by atoms with Crippen LogP contribution in [-0.2, 0) is 0 Å². The first-order valence-electron chi connectivity index (χ1n) is 4.48. The molecule has 0 N–H and O–H groups in total. The molecule has 0 aliphatic heterocycles. The van der Waals surface area contributed by atoms with Gasteiger partial charge in [-0.05, 0) is 30.4 Å². The van der Waals surface area contributed by atoms with Crippen molar-refractivity contribution in [2.75, 3.05) is 0 Å². The van der Waals surface area contributed by atoms with Crippen molar-refractivity contribution in [2.45, 2.75) is 31.9 Å². The third-order valence-corrected chi connectivity index (χ3v) is 2.94. The van der Waals surface area contributed by atoms with Crippen LogP contribution >= 0.6 is 11.6 Å². The van der Waals surface area contributed by atoms with Crippen LogP contribution in [0.15, 0.2) is 12.3 Å². The van der Waals surface area contributed by atoms with Gasteiger partial charge in [0, 0.05) is 11.2 Å². The van der Waals surface area contributed by atoms with Gasteiger partial charge < -0.3 is 0 Å². The number of pyridine rings is 1. The van der Waals surface area contributed by atoms with Crippen LogP contribution < -0.4 is 0 Å². The van der Waals surface area contributed by atoms with Gasteiger partial charge in [-0.2, -0.15) is 0 Å². The standard InChI is InChI=1S/C10H11ClFN/c1-6-2-3-8(12)10-9(6)7(11)4-5-13-10/h4-6,8H,2-3H2,1H3/t6-,8+/m1/s1. The van der Waals surface area contributed by atoms with E-state index in [1.807, 2.05) is 0 Å². The van der Waals surface area contributed by atoms with Crippen molar-refractivity contribution >= 4 is 11.6 Å². The number of rotatable bonds is 0. The van der Waals surface area contributed by atoms with Crippen molar-refractivity contribution in [3.05, 3.63) is 28.5 Å². The average molecular weight is 200 g/mol. The highest BCUT2D eigenvalue weighted by molar-refractivity contribution is 6.31. The number of hydrogen-bond acceptors (Lipinski definition) is 1. The predicted molar refractivity (Wildman–Crippen MR) is 50.7 cm³/mol. The van der Waals surface area contributed by atoms with Gasteiger partial charge in [0.25, 0.3) is 0 Å². The summed E-state index contributed by atoms with van der Waals surface area (Å²) in [5.41, 5.74) is 1.45. The molecule has 0 bridgehead atoms. The molecule has 0 amide bonds. The summed E-state index contributed by atoms with van der Waals surface area (Å²) < 4.78 is 13.4. The topological polar surface area (TPSA) is 12.9 Å². The van der Waals surface area contributed by atoms with Crippen LogP contribution in [0.1, 0.15) is 43.1 Å². The molecule has 1 nitrogen and oxygen atoms in total. The quantitative estimate of drug-likeness (QED) is 0.622. The maximum atomic E-state index is 13.4. The summed E-state index contributed by atoms with van der Waals surface area (Å²) in [7, 11) is 0. The van der Waals surface area contributed by atoms with Crippen molar-refractivity contribution in [3.8, 4) is 0 Å². The van der Waals surface area contributed by atoms with Gasteiger partial charge in [-0.25, -0.2) is 4.39 Å². The van der Waals surface area contributed by atoms with Crippen LogP contribution in [0.5, 0.6) is 0 Å². The van der Waals surface area contributed by atoms with Crippen LogP contribution in [0.3, 0.4) is 0 Å². The molecule has 2 atom stereocenters. The Morgan fingerprint density at radius 3 is 3.00 bits per heavy atom. The van der Waals surface area contributed by atoms with Gasteiger partial charge in [0.1, 0.15) is 6.17 Å². The number of aromatic nitrogens is 1. The molecule has 3 heteroatoms. The Hall–Kier alpha value is -0.630. The minimum absolute atomic E-state index is 0.336. The monoisotopic (exact) mass is 199 g/mol. The highest BCUT2D eigenvalue weighted by atomic mass is 35.5. The minimum Gasteiger partial charge on any atom is -0.258 e. The Bertz CT molecular complexity index is 327. The SMILES string of the molecule is C[C@@H]1CC[C@H](F)c2nccc(Cl)c21. The van der Waals surface area contributed by atoms with E-state index < -0.39 is 6.17 Å². The summed E-state index contributed by atoms with van der Waals surface area (Å²) in [6.07, 6.45) is 2.08. The lowest BCUT2D eigenvalue weighted by molar-refractivity contribution is 0.283. The molecule has 1 aliphatic rings. The molecule has 0 saturated carbocycles. The van der Waals surface area contributed by atoms with Gasteiger partial charge in [0.2, 0.25) is 0 Å². The second-order valence-electron chi connectivity index (χ2n) is 3.54. The zero-order valence-corrected chi connectivity index (χ0v) is 8.18. The van der Waals surface area contributed by atoms with Gasteiger partial charge in [-0.15, -0.1) is 0 Å². The third-order valence-electron chi connectivity index (χ3n) is 2.61. The summed E-state index contributed by atoms with van der Waals surface area (Å²) in [5, 5.41) is 0.653. The molecule has 0 radical (unpaired) electrons. The molecule has 13 heavy (non-hydrogen) atoms. The zero-order chi connectivity index (χ0) is 9.42. The lowest BCUT2D eigenvalue weighted by Gasteiger charge is -2.24. The predicted octanol–water partition coefficient (Wildman–Crippen LogP) is 3.64. The van der Waals surface area contributed by atoms with Crippen LogP contribution in [0.2, 0.25) is 5.02 Å². The first-order valence-corrected chi connectivity index (χ1v) is 4.86. The molecular weight excluding hydrogens is 189 g/mol. The van der Waals surface area contributed by atoms with E-state index in [1.165, 1.54) is 0 Å². The van der Waals surface area contributed by atoms with Crippen LogP contribution in [-0.4, -0.2) is 4.98 Å². The number of hydrogen-bond donors (Lipinski definition) is 0. The molecule has 0 spiro atoms. The van der Waals surface area contributed by atoms with Gasteiger partial charge in [0.05, 0.1) is 5.69 Å². The van der Waals surface area contributed by atoms with Crippen LogP contribution in [0.4, 0.5) is 4.39 Å². The molecule has 1 aromatic rings. The maximum Gasteiger partial charge on any atom is 0.142 e. The first-order chi connectivity index (χ1) is 6.20. The van der Waals surface area contributed by atoms with E-state index in [2.05, 4.69) is 11.9 Å². The van der Waals surface area contributed by atoms with Gasteiger partial charge in [-0.3, -0.25) is 4.98 Å². The van der Waals surface area contributed by atoms with Crippen molar-refractivity contribution in [3.63, 3.8) is 0 Å². The van der Waals surface area contributed by atoms with E-state index in [1.54, 1.807) is 12.3 Å². The number of nitrogens with zero attached hydrogens (tertiary/aromatic N) is 1. The lowest BCUT2D eigenvalue weighted by atomic mass is 9.86. The minimum atomic E-state index is -0.926. The molecule has 0 unspecified atom stereocenters. The zero-order valence-electron chi connectivity index (χ0n) is 7.43. The number of halogens is 2. The molecule has 2 rings (SSSR count). The second-order valence-corrected chi connectivity index (χ2v) is 3.94. The summed E-state index contributed by atoms with van der Waals surface area (Å²) in [5.74, 6) is 0.336. The van der Waals surface area contributed by atoms with E-state index in [9.17, 15) is 4.39 Å². The Labute approximate surface area is 81.9 Å². The summed E-state index contributed by atoms with van der Waals surface area (Å²) in [4.78, 5) is 4.05. The van der Waals surface area contributed by atoms with Crippen LogP contribution in [0.25, 0.3) is 0 Å². The molecule has 1 heterocycles. The fourth-order valence-corrected chi connectivity index (χ4v) is 2.22. The number of alkyl halides is 1. The molecule has 1 aromatic heterocycles. The normalized spacial score (nSPS) is 27.0. The molecule has 70 valence electrons. The Morgan fingerprint density at radius 1 is 1.54 bits per heavy atom. The summed E-state index contributed by atoms with van der Waals surface area (Å²) in [6.45, 7) is 2.07. The van der Waals surface area contributed by atoms with Gasteiger partial charge >= 0.3 is 0 Å². The molecule has 1 aliphatic carbocycles. The van der Waals surface area contributed by atoms with E-state index in [0.717, 1.165) is 12.0 Å². The smallest absolute Gasteiger partial charge is 0.142 e. The fraction of sp³-hybridized carbons (Fsp3) is 0.500. The Balaban J connectivity index is 2.56. The van der Waals surface area contributed by atoms with Crippen molar-refractivity contribution in [1.82, 2.24) is 4.98 Å². The Morgan fingerprint density at radius 2 is 2.31 bits per heavy atom. The van der Waals surface area contributed by atoms with E-state index in [-0.39, 0.29) is 0 Å². The van der Waals surface area contributed by atoms with Crippen LogP contribution in [0, 0.1) is 0 Å². The third kappa shape index (κ3) is 1.44. The molecule has 0 aromatic carbocycles. The van der Waals surface area contributed by atoms with Crippen molar-refractivity contribution in [2.24, 2.45) is 0 Å². The maximum absolute atomic E-state index is 13.4. The lowest BCUT2D eigenvalue weighted by Crippen LogP contribution is -2.12. The average Bonchev–Trinajstić information content (AvgIpc) is 2.12. The summed E-state index contributed by atoms with van der Waals surface area (Å²) in [6, 6.07) is 1.73. The van der Waals surface area contributed by atoms with E-state index in [0.29, 0.717) is 23.1 Å². The van der Waals surface area contributed by atoms with E-state index in [4.69, 9.17) is 11.6 Å². The second kappa shape index (κ2) is 3.26. The van der Waals surface area contributed by atoms with Crippen molar-refractivity contribution < 1.29 is 4.39 Å². The van der Waals surface area contributed by atoms with Gasteiger partial charge in [-0.1, -0.05) is 18.5 Å². The molecule has 0 saturated heterocycles. The Kier molecular flexibility index (Phi) is 2.24. The first kappa shape index (κ1) is 8.95. The summed E-state index contributed by atoms with van der Waals surface area (Å²) >= 11 is 6.00. The van der Waals surface area contributed by atoms with Gasteiger partial charge in [0.15, 0.2) is 0 Å². The highest BCUT2D eigenvalue weighted by Gasteiger charge is 2.27. The highest BCUT2D eigenvalue weighted by Crippen LogP contribution is 2.41. The fourth-order valence-electron chi connectivity index (χ4n) is 1.88. The van der Waals surface area contributed by atoms with Crippen molar-refractivity contribution in [1.29, 1.82) is 0 Å².